The second kappa shape index (κ2) is 9.84. The molecule has 0 saturated carbocycles. The fraction of sp³-hybridized carbons (Fsp3) is 0.125. The van der Waals surface area contributed by atoms with Crippen LogP contribution in [-0.2, 0) is 4.79 Å². The average Bonchev–Trinajstić information content (AvgIpc) is 3.17. The molecule has 2 heterocycles. The second-order valence-corrected chi connectivity index (χ2v) is 8.30. The Hall–Kier alpha value is -4.05. The number of benzene rings is 2. The quantitative estimate of drug-likeness (QED) is 0.381. The number of ether oxygens (including phenoxy) is 2. The summed E-state index contributed by atoms with van der Waals surface area (Å²) in [6, 6.07) is 13.8. The van der Waals surface area contributed by atoms with Crippen LogP contribution in [-0.4, -0.2) is 29.3 Å². The van der Waals surface area contributed by atoms with E-state index in [9.17, 15) is 18.4 Å². The Kier molecular flexibility index (Phi) is 6.69. The Balaban J connectivity index is 1.58. The molecular weight excluding hydrogens is 464 g/mol. The van der Waals surface area contributed by atoms with Gasteiger partial charge in [0.05, 0.1) is 12.5 Å². The van der Waals surface area contributed by atoms with Gasteiger partial charge in [0, 0.05) is 16.5 Å². The van der Waals surface area contributed by atoms with Crippen LogP contribution in [0.25, 0.3) is 27.4 Å². The molecule has 0 bridgehead atoms. The number of carbonyl (C=O) groups excluding carboxylic acids is 1. The highest BCUT2D eigenvalue weighted by atomic mass is 32.1. The SMILES string of the molecule is COc1cc(/C=C/C(=O)Nn2cnc3sc(C)c(-c4ccccc4)c3c2=O)ccc1OC(F)F. The van der Waals surface area contributed by atoms with E-state index in [4.69, 9.17) is 4.74 Å². The van der Waals surface area contributed by atoms with Gasteiger partial charge in [0.1, 0.15) is 11.2 Å². The largest absolute Gasteiger partial charge is 0.493 e. The molecule has 0 aliphatic rings. The smallest absolute Gasteiger partial charge is 0.387 e. The Bertz CT molecular complexity index is 1430. The highest BCUT2D eigenvalue weighted by Gasteiger charge is 2.17. The van der Waals surface area contributed by atoms with Crippen molar-refractivity contribution in [2.75, 3.05) is 12.5 Å². The first-order valence-electron chi connectivity index (χ1n) is 10.1. The number of carbonyl (C=O) groups is 1. The maximum atomic E-state index is 13.2. The molecule has 7 nitrogen and oxygen atoms in total. The third kappa shape index (κ3) is 4.81. The van der Waals surface area contributed by atoms with E-state index in [-0.39, 0.29) is 11.5 Å². The van der Waals surface area contributed by atoms with Gasteiger partial charge in [-0.3, -0.25) is 15.0 Å². The summed E-state index contributed by atoms with van der Waals surface area (Å²) in [5, 5.41) is 0.430. The molecule has 2 aromatic heterocycles. The average molecular weight is 483 g/mol. The maximum Gasteiger partial charge on any atom is 0.387 e. The number of amides is 1. The molecule has 1 N–H and O–H groups in total. The number of methoxy groups -OCH3 is 1. The lowest BCUT2D eigenvalue weighted by Gasteiger charge is -2.10. The Labute approximate surface area is 196 Å². The minimum Gasteiger partial charge on any atom is -0.493 e. The van der Waals surface area contributed by atoms with Crippen molar-refractivity contribution in [3.63, 3.8) is 0 Å². The van der Waals surface area contributed by atoms with Crippen LogP contribution < -0.4 is 20.5 Å². The van der Waals surface area contributed by atoms with Crippen LogP contribution in [0.5, 0.6) is 11.5 Å². The van der Waals surface area contributed by atoms with Gasteiger partial charge in [-0.25, -0.2) is 9.66 Å². The number of nitrogens with zero attached hydrogens (tertiary/aromatic N) is 2. The predicted molar refractivity (Wildman–Crippen MR) is 127 cm³/mol. The first kappa shape index (κ1) is 23.1. The molecule has 0 radical (unpaired) electrons. The number of hydrogen-bond acceptors (Lipinski definition) is 6. The standard InChI is InChI=1S/C24H19F2N3O4S/c1-14-20(16-6-4-3-5-7-16)21-22(34-14)27-13-29(23(21)31)28-19(30)11-9-15-8-10-17(33-24(25)26)18(12-15)32-2/h3-13,24H,1-2H3,(H,28,30)/b11-9+. The van der Waals surface area contributed by atoms with E-state index in [2.05, 4.69) is 15.1 Å². The first-order valence-corrected chi connectivity index (χ1v) is 10.9. The molecular formula is C24H19F2N3O4S. The normalized spacial score (nSPS) is 11.3. The van der Waals surface area contributed by atoms with Gasteiger partial charge in [-0.05, 0) is 36.3 Å². The van der Waals surface area contributed by atoms with E-state index in [0.717, 1.165) is 20.7 Å². The number of thiophene rings is 1. The predicted octanol–water partition coefficient (Wildman–Crippen LogP) is 4.83. The lowest BCUT2D eigenvalue weighted by atomic mass is 10.0. The third-order valence-corrected chi connectivity index (χ3v) is 5.93. The fourth-order valence-electron chi connectivity index (χ4n) is 3.44. The number of aryl methyl sites for hydroxylation is 1. The van der Waals surface area contributed by atoms with Gasteiger partial charge in [0.25, 0.3) is 11.5 Å². The van der Waals surface area contributed by atoms with Crippen molar-refractivity contribution in [3.05, 3.63) is 81.7 Å². The van der Waals surface area contributed by atoms with Crippen molar-refractivity contribution < 1.29 is 23.0 Å². The van der Waals surface area contributed by atoms with E-state index in [1.165, 1.54) is 55.1 Å². The third-order valence-electron chi connectivity index (χ3n) is 4.91. The molecule has 0 aliphatic heterocycles. The summed E-state index contributed by atoms with van der Waals surface area (Å²) < 4.78 is 35.4. The molecule has 0 fully saturated rings. The molecule has 1 amide bonds. The topological polar surface area (TPSA) is 82.5 Å². The van der Waals surface area contributed by atoms with E-state index < -0.39 is 18.1 Å². The van der Waals surface area contributed by atoms with Gasteiger partial charge in [-0.1, -0.05) is 36.4 Å². The van der Waals surface area contributed by atoms with Crippen molar-refractivity contribution >= 4 is 33.5 Å². The van der Waals surface area contributed by atoms with Gasteiger partial charge in [0.2, 0.25) is 0 Å². The van der Waals surface area contributed by atoms with E-state index >= 15 is 0 Å². The van der Waals surface area contributed by atoms with E-state index in [1.807, 2.05) is 37.3 Å². The Morgan fingerprint density at radius 1 is 1.18 bits per heavy atom. The lowest BCUT2D eigenvalue weighted by molar-refractivity contribution is -0.112. The second-order valence-electron chi connectivity index (χ2n) is 7.10. The zero-order chi connectivity index (χ0) is 24.2. The molecule has 34 heavy (non-hydrogen) atoms. The van der Waals surface area contributed by atoms with Crippen LogP contribution in [0.1, 0.15) is 10.4 Å². The van der Waals surface area contributed by atoms with Gasteiger partial charge in [0.15, 0.2) is 11.5 Å². The zero-order valence-electron chi connectivity index (χ0n) is 18.1. The summed E-state index contributed by atoms with van der Waals surface area (Å²) in [5.41, 5.74) is 4.28. The van der Waals surface area contributed by atoms with E-state index in [1.54, 1.807) is 0 Å². The molecule has 10 heteroatoms. The molecule has 4 aromatic rings. The highest BCUT2D eigenvalue weighted by Crippen LogP contribution is 2.35. The minimum absolute atomic E-state index is 0.0926. The van der Waals surface area contributed by atoms with Crippen LogP contribution >= 0.6 is 11.3 Å². The fourth-order valence-corrected chi connectivity index (χ4v) is 4.45. The number of hydrogen-bond donors (Lipinski definition) is 1. The zero-order valence-corrected chi connectivity index (χ0v) is 18.9. The first-order chi connectivity index (χ1) is 16.4. The molecule has 0 unspecified atom stereocenters. The van der Waals surface area contributed by atoms with Crippen molar-refractivity contribution in [2.24, 2.45) is 0 Å². The van der Waals surface area contributed by atoms with Crippen molar-refractivity contribution in [3.8, 4) is 22.6 Å². The summed E-state index contributed by atoms with van der Waals surface area (Å²) in [6.07, 6.45) is 3.92. The van der Waals surface area contributed by atoms with Crippen LogP contribution in [0.2, 0.25) is 0 Å². The molecule has 174 valence electrons. The number of alkyl halides is 2. The molecule has 0 saturated heterocycles. The monoisotopic (exact) mass is 483 g/mol. The summed E-state index contributed by atoms with van der Waals surface area (Å²) in [7, 11) is 1.32. The lowest BCUT2D eigenvalue weighted by Crippen LogP contribution is -2.32. The van der Waals surface area contributed by atoms with Crippen molar-refractivity contribution in [2.45, 2.75) is 13.5 Å². The van der Waals surface area contributed by atoms with Crippen LogP contribution in [0.15, 0.2) is 65.7 Å². The summed E-state index contributed by atoms with van der Waals surface area (Å²) >= 11 is 1.41. The number of halogens is 2. The van der Waals surface area contributed by atoms with E-state index in [0.29, 0.717) is 15.8 Å². The maximum absolute atomic E-state index is 13.2. The van der Waals surface area contributed by atoms with Crippen LogP contribution in [0.3, 0.4) is 0 Å². The van der Waals surface area contributed by atoms with Gasteiger partial charge >= 0.3 is 6.61 Å². The number of fused-ring (bicyclic) bond motifs is 1. The molecule has 2 aromatic carbocycles. The number of rotatable bonds is 7. The Morgan fingerprint density at radius 2 is 1.94 bits per heavy atom. The van der Waals surface area contributed by atoms with Crippen molar-refractivity contribution in [1.82, 2.24) is 9.66 Å². The number of aromatic nitrogens is 2. The van der Waals surface area contributed by atoms with Gasteiger partial charge < -0.3 is 9.47 Å². The summed E-state index contributed by atoms with van der Waals surface area (Å²) in [5.74, 6) is -0.608. The van der Waals surface area contributed by atoms with Crippen LogP contribution in [0.4, 0.5) is 8.78 Å². The highest BCUT2D eigenvalue weighted by molar-refractivity contribution is 7.19. The van der Waals surface area contributed by atoms with Crippen LogP contribution in [0, 0.1) is 6.92 Å². The van der Waals surface area contributed by atoms with Gasteiger partial charge in [-0.15, -0.1) is 11.3 Å². The van der Waals surface area contributed by atoms with Gasteiger partial charge in [-0.2, -0.15) is 8.78 Å². The minimum atomic E-state index is -2.99. The molecule has 0 spiro atoms. The Morgan fingerprint density at radius 3 is 2.65 bits per heavy atom. The molecule has 4 rings (SSSR count). The number of nitrogens with one attached hydrogen (secondary N) is 1. The summed E-state index contributed by atoms with van der Waals surface area (Å²) in [4.78, 5) is 31.5. The van der Waals surface area contributed by atoms with Crippen molar-refractivity contribution in [1.29, 1.82) is 0 Å². The summed E-state index contributed by atoms with van der Waals surface area (Å²) in [6.45, 7) is -1.06. The molecule has 0 atom stereocenters. The molecule has 0 aliphatic carbocycles.